The highest BCUT2D eigenvalue weighted by atomic mass is 16.2. The summed E-state index contributed by atoms with van der Waals surface area (Å²) in [6.07, 6.45) is 6.73. The molecule has 0 heterocycles. The number of ketones is 1. The first kappa shape index (κ1) is 9.91. The molecule has 1 N–H and O–H groups in total. The van der Waals surface area contributed by atoms with Crippen molar-refractivity contribution in [3.8, 4) is 0 Å². The Labute approximate surface area is 85.0 Å². The fourth-order valence-electron chi connectivity index (χ4n) is 3.10. The van der Waals surface area contributed by atoms with Crippen LogP contribution in [0.15, 0.2) is 12.2 Å². The molecule has 3 atom stereocenters. The molecule has 2 nitrogen and oxygen atoms in total. The summed E-state index contributed by atoms with van der Waals surface area (Å²) in [5.74, 6) is 0.789. The molecule has 0 aromatic carbocycles. The van der Waals surface area contributed by atoms with Gasteiger partial charge in [0.15, 0.2) is 0 Å². The molecule has 2 aliphatic carbocycles. The van der Waals surface area contributed by atoms with Crippen molar-refractivity contribution in [1.82, 2.24) is 0 Å². The van der Waals surface area contributed by atoms with Gasteiger partial charge in [0, 0.05) is 13.0 Å². The second-order valence-corrected chi connectivity index (χ2v) is 5.04. The van der Waals surface area contributed by atoms with Crippen LogP contribution >= 0.6 is 0 Å². The quantitative estimate of drug-likeness (QED) is 0.697. The summed E-state index contributed by atoms with van der Waals surface area (Å²) in [5.41, 5.74) is -0.195. The first-order chi connectivity index (χ1) is 6.54. The van der Waals surface area contributed by atoms with Crippen LogP contribution in [0.25, 0.3) is 0 Å². The summed E-state index contributed by atoms with van der Waals surface area (Å²) < 4.78 is 0. The number of aliphatic hydroxyl groups is 1. The van der Waals surface area contributed by atoms with Gasteiger partial charge in [-0.15, -0.1) is 0 Å². The van der Waals surface area contributed by atoms with E-state index in [-0.39, 0.29) is 17.4 Å². The standard InChI is InChI=1S/C12H18O2/c1-11(5-3-7-13)9-4-6-12(11,2)10(14)8-9/h4,6,9,13H,3,5,7-8H2,1-2H3/t9-,11+,12+/m1/s1. The molecular weight excluding hydrogens is 176 g/mol. The molecule has 2 rings (SSSR count). The number of hydrogen-bond donors (Lipinski definition) is 1. The minimum atomic E-state index is -0.257. The molecule has 0 amide bonds. The average molecular weight is 194 g/mol. The van der Waals surface area contributed by atoms with Gasteiger partial charge in [0.1, 0.15) is 5.78 Å². The largest absolute Gasteiger partial charge is 0.396 e. The third-order valence-corrected chi connectivity index (χ3v) is 4.51. The van der Waals surface area contributed by atoms with E-state index in [1.54, 1.807) is 0 Å². The van der Waals surface area contributed by atoms with Gasteiger partial charge >= 0.3 is 0 Å². The summed E-state index contributed by atoms with van der Waals surface area (Å²) in [6.45, 7) is 4.47. The van der Waals surface area contributed by atoms with Crippen LogP contribution in [0.5, 0.6) is 0 Å². The van der Waals surface area contributed by atoms with Crippen LogP contribution < -0.4 is 0 Å². The Hall–Kier alpha value is -0.630. The van der Waals surface area contributed by atoms with Crippen molar-refractivity contribution in [2.24, 2.45) is 16.7 Å². The van der Waals surface area contributed by atoms with Gasteiger partial charge in [-0.2, -0.15) is 0 Å². The van der Waals surface area contributed by atoms with Crippen molar-refractivity contribution >= 4 is 5.78 Å². The maximum atomic E-state index is 11.8. The maximum absolute atomic E-state index is 11.8. The van der Waals surface area contributed by atoms with E-state index < -0.39 is 0 Å². The fourth-order valence-corrected chi connectivity index (χ4v) is 3.10. The molecule has 2 aliphatic rings. The van der Waals surface area contributed by atoms with Crippen LogP contribution in [0.1, 0.15) is 33.1 Å². The summed E-state index contributed by atoms with van der Waals surface area (Å²) >= 11 is 0. The van der Waals surface area contributed by atoms with Crippen LogP contribution in [0.4, 0.5) is 0 Å². The summed E-state index contributed by atoms with van der Waals surface area (Å²) in [7, 11) is 0. The van der Waals surface area contributed by atoms with Crippen LogP contribution in [0.3, 0.4) is 0 Å². The molecule has 0 saturated heterocycles. The number of carbonyl (C=O) groups is 1. The van der Waals surface area contributed by atoms with Crippen molar-refractivity contribution in [2.45, 2.75) is 33.1 Å². The normalized spacial score (nSPS) is 45.1. The average Bonchev–Trinajstić information content (AvgIpc) is 2.50. The van der Waals surface area contributed by atoms with Crippen molar-refractivity contribution in [1.29, 1.82) is 0 Å². The number of allylic oxidation sites excluding steroid dienone is 2. The highest BCUT2D eigenvalue weighted by Gasteiger charge is 2.60. The van der Waals surface area contributed by atoms with Crippen LogP contribution in [-0.2, 0) is 4.79 Å². The molecule has 14 heavy (non-hydrogen) atoms. The van der Waals surface area contributed by atoms with Gasteiger partial charge in [0.25, 0.3) is 0 Å². The van der Waals surface area contributed by atoms with Gasteiger partial charge < -0.3 is 5.11 Å². The molecule has 2 bridgehead atoms. The third-order valence-electron chi connectivity index (χ3n) is 4.51. The topological polar surface area (TPSA) is 37.3 Å². The third kappa shape index (κ3) is 0.977. The lowest BCUT2D eigenvalue weighted by molar-refractivity contribution is -0.125. The number of aliphatic hydroxyl groups excluding tert-OH is 1. The molecule has 1 saturated carbocycles. The van der Waals surface area contributed by atoms with Crippen LogP contribution in [-0.4, -0.2) is 17.5 Å². The molecule has 0 radical (unpaired) electrons. The Kier molecular flexibility index (Phi) is 2.07. The lowest BCUT2D eigenvalue weighted by Gasteiger charge is -2.36. The number of hydrogen-bond acceptors (Lipinski definition) is 2. The Morgan fingerprint density at radius 1 is 1.57 bits per heavy atom. The zero-order chi connectivity index (χ0) is 10.4. The Morgan fingerprint density at radius 3 is 2.71 bits per heavy atom. The molecule has 1 fully saturated rings. The number of carbonyl (C=O) groups excluding carboxylic acids is 1. The van der Waals surface area contributed by atoms with Gasteiger partial charge in [-0.3, -0.25) is 4.79 Å². The summed E-state index contributed by atoms with van der Waals surface area (Å²) in [6, 6.07) is 0. The monoisotopic (exact) mass is 194 g/mol. The van der Waals surface area contributed by atoms with Crippen molar-refractivity contribution in [3.05, 3.63) is 12.2 Å². The van der Waals surface area contributed by atoms with E-state index in [0.717, 1.165) is 12.8 Å². The Balaban J connectivity index is 2.26. The predicted octanol–water partition coefficient (Wildman–Crippen LogP) is 1.93. The van der Waals surface area contributed by atoms with E-state index in [2.05, 4.69) is 26.0 Å². The highest BCUT2D eigenvalue weighted by Crippen LogP contribution is 2.61. The second-order valence-electron chi connectivity index (χ2n) is 5.04. The zero-order valence-corrected chi connectivity index (χ0v) is 8.92. The molecule has 78 valence electrons. The highest BCUT2D eigenvalue weighted by molar-refractivity contribution is 5.92. The predicted molar refractivity (Wildman–Crippen MR) is 54.8 cm³/mol. The maximum Gasteiger partial charge on any atom is 0.143 e. The Bertz CT molecular complexity index is 295. The van der Waals surface area contributed by atoms with Crippen molar-refractivity contribution < 1.29 is 9.90 Å². The van der Waals surface area contributed by atoms with Gasteiger partial charge in [-0.05, 0) is 31.1 Å². The lowest BCUT2D eigenvalue weighted by Crippen LogP contribution is -2.35. The molecule has 0 aromatic rings. The van der Waals surface area contributed by atoms with E-state index in [0.29, 0.717) is 18.1 Å². The molecule has 2 heteroatoms. The molecule has 0 aromatic heterocycles. The first-order valence-corrected chi connectivity index (χ1v) is 5.38. The summed E-state index contributed by atoms with van der Waals surface area (Å²) in [4.78, 5) is 11.8. The number of rotatable bonds is 3. The van der Waals surface area contributed by atoms with Gasteiger partial charge in [0.05, 0.1) is 5.41 Å². The first-order valence-electron chi connectivity index (χ1n) is 5.38. The van der Waals surface area contributed by atoms with Crippen molar-refractivity contribution in [2.75, 3.05) is 6.61 Å². The van der Waals surface area contributed by atoms with Gasteiger partial charge in [0.2, 0.25) is 0 Å². The van der Waals surface area contributed by atoms with Gasteiger partial charge in [-0.25, -0.2) is 0 Å². The van der Waals surface area contributed by atoms with Crippen LogP contribution in [0.2, 0.25) is 0 Å². The molecule has 0 aliphatic heterocycles. The second kappa shape index (κ2) is 2.93. The molecule has 0 spiro atoms. The molecular formula is C12H18O2. The van der Waals surface area contributed by atoms with Gasteiger partial charge in [-0.1, -0.05) is 19.1 Å². The molecule has 0 unspecified atom stereocenters. The van der Waals surface area contributed by atoms with Crippen LogP contribution in [0, 0.1) is 16.7 Å². The Morgan fingerprint density at radius 2 is 2.29 bits per heavy atom. The van der Waals surface area contributed by atoms with E-state index in [1.165, 1.54) is 0 Å². The van der Waals surface area contributed by atoms with E-state index in [4.69, 9.17) is 5.11 Å². The number of fused-ring (bicyclic) bond motifs is 2. The smallest absolute Gasteiger partial charge is 0.143 e. The summed E-state index contributed by atoms with van der Waals surface area (Å²) in [5, 5.41) is 8.88. The van der Waals surface area contributed by atoms with Crippen molar-refractivity contribution in [3.63, 3.8) is 0 Å². The lowest BCUT2D eigenvalue weighted by atomic mass is 9.66. The fraction of sp³-hybridized carbons (Fsp3) is 0.750. The van der Waals surface area contributed by atoms with E-state index >= 15 is 0 Å². The van der Waals surface area contributed by atoms with E-state index in [9.17, 15) is 4.79 Å². The SMILES string of the molecule is C[C@]12C=C[C@H](CC1=O)[C@]2(C)CCCO. The zero-order valence-electron chi connectivity index (χ0n) is 8.92. The van der Waals surface area contributed by atoms with E-state index in [1.807, 2.05) is 0 Å². The minimum absolute atomic E-state index is 0.0623. The number of Topliss-reactive ketones (excluding diaryl/α,β-unsaturated/α-hetero) is 1. The minimum Gasteiger partial charge on any atom is -0.396 e.